The van der Waals surface area contributed by atoms with Gasteiger partial charge < -0.3 is 0 Å². The predicted octanol–water partition coefficient (Wildman–Crippen LogP) is 5.35. The predicted molar refractivity (Wildman–Crippen MR) is 72.9 cm³/mol. The lowest BCUT2D eigenvalue weighted by Crippen LogP contribution is -1.96. The molecule has 2 rings (SSSR count). The lowest BCUT2D eigenvalue weighted by Gasteiger charge is -2.13. The number of hydrogen-bond acceptors (Lipinski definition) is 1. The SMILES string of the molecule is Cc1cccc(C(Cl)c2sccc2Cl)c1C. The number of hydrogen-bond donors (Lipinski definition) is 0. The number of halogens is 2. The van der Waals surface area contributed by atoms with E-state index in [1.165, 1.54) is 11.1 Å². The van der Waals surface area contributed by atoms with E-state index in [1.807, 2.05) is 17.5 Å². The summed E-state index contributed by atoms with van der Waals surface area (Å²) in [5, 5.41) is 2.58. The number of aryl methyl sites for hydroxylation is 1. The van der Waals surface area contributed by atoms with Crippen LogP contribution < -0.4 is 0 Å². The van der Waals surface area contributed by atoms with Crippen LogP contribution in [0.3, 0.4) is 0 Å². The molecule has 0 bridgehead atoms. The molecule has 16 heavy (non-hydrogen) atoms. The van der Waals surface area contributed by atoms with Gasteiger partial charge in [-0.1, -0.05) is 29.8 Å². The number of benzene rings is 1. The van der Waals surface area contributed by atoms with E-state index in [4.69, 9.17) is 23.2 Å². The summed E-state index contributed by atoms with van der Waals surface area (Å²) in [5.74, 6) is 0. The van der Waals surface area contributed by atoms with E-state index in [1.54, 1.807) is 11.3 Å². The maximum Gasteiger partial charge on any atom is 0.0945 e. The maximum atomic E-state index is 6.48. The quantitative estimate of drug-likeness (QED) is 0.646. The highest BCUT2D eigenvalue weighted by Crippen LogP contribution is 2.38. The number of thiophene rings is 1. The minimum absolute atomic E-state index is 0.146. The van der Waals surface area contributed by atoms with Crippen molar-refractivity contribution in [1.82, 2.24) is 0 Å². The first-order valence-corrected chi connectivity index (χ1v) is 6.73. The summed E-state index contributed by atoms with van der Waals surface area (Å²) < 4.78 is 0. The Morgan fingerprint density at radius 2 is 1.94 bits per heavy atom. The Balaban J connectivity index is 2.46. The highest BCUT2D eigenvalue weighted by molar-refractivity contribution is 7.11. The van der Waals surface area contributed by atoms with Crippen LogP contribution in [-0.4, -0.2) is 0 Å². The second-order valence-corrected chi connectivity index (χ2v) is 5.58. The van der Waals surface area contributed by atoms with Gasteiger partial charge in [0.1, 0.15) is 0 Å². The average molecular weight is 271 g/mol. The maximum absolute atomic E-state index is 6.48. The first-order valence-electron chi connectivity index (χ1n) is 5.04. The fraction of sp³-hybridized carbons (Fsp3) is 0.231. The van der Waals surface area contributed by atoms with Gasteiger partial charge in [-0.3, -0.25) is 0 Å². The molecular weight excluding hydrogens is 259 g/mol. The largest absolute Gasteiger partial charge is 0.145 e. The van der Waals surface area contributed by atoms with Crippen molar-refractivity contribution >= 4 is 34.5 Å². The van der Waals surface area contributed by atoms with Crippen LogP contribution in [0.5, 0.6) is 0 Å². The zero-order valence-corrected chi connectivity index (χ0v) is 11.5. The van der Waals surface area contributed by atoms with Crippen LogP contribution in [0.1, 0.15) is 26.9 Å². The molecular formula is C13H12Cl2S. The topological polar surface area (TPSA) is 0 Å². The van der Waals surface area contributed by atoms with Gasteiger partial charge >= 0.3 is 0 Å². The minimum atomic E-state index is -0.146. The van der Waals surface area contributed by atoms with Gasteiger partial charge in [0.25, 0.3) is 0 Å². The Hall–Kier alpha value is -0.500. The molecule has 0 saturated heterocycles. The first-order chi connectivity index (χ1) is 7.61. The van der Waals surface area contributed by atoms with Gasteiger partial charge in [0.05, 0.1) is 10.4 Å². The van der Waals surface area contributed by atoms with Crippen LogP contribution in [0.4, 0.5) is 0 Å². The van der Waals surface area contributed by atoms with Crippen molar-refractivity contribution in [2.75, 3.05) is 0 Å². The Labute approximate surface area is 110 Å². The zero-order chi connectivity index (χ0) is 11.7. The Bertz CT molecular complexity index is 502. The Morgan fingerprint density at radius 3 is 2.56 bits per heavy atom. The molecule has 3 heteroatoms. The van der Waals surface area contributed by atoms with Crippen LogP contribution in [0.25, 0.3) is 0 Å². The Morgan fingerprint density at radius 1 is 1.19 bits per heavy atom. The normalized spacial score (nSPS) is 12.8. The third-order valence-electron chi connectivity index (χ3n) is 2.79. The van der Waals surface area contributed by atoms with E-state index in [0.717, 1.165) is 15.5 Å². The molecule has 0 spiro atoms. The van der Waals surface area contributed by atoms with Gasteiger partial charge in [-0.15, -0.1) is 22.9 Å². The molecule has 0 N–H and O–H groups in total. The third kappa shape index (κ3) is 2.13. The molecule has 1 aromatic carbocycles. The van der Waals surface area contributed by atoms with Crippen LogP contribution >= 0.6 is 34.5 Å². The fourth-order valence-electron chi connectivity index (χ4n) is 1.68. The summed E-state index contributed by atoms with van der Waals surface area (Å²) in [4.78, 5) is 1.03. The molecule has 0 aliphatic rings. The third-order valence-corrected chi connectivity index (χ3v) is 4.80. The summed E-state index contributed by atoms with van der Waals surface area (Å²) in [7, 11) is 0. The molecule has 0 aliphatic carbocycles. The van der Waals surface area contributed by atoms with Crippen molar-refractivity contribution < 1.29 is 0 Å². The molecule has 0 aliphatic heterocycles. The van der Waals surface area contributed by atoms with Crippen LogP contribution in [-0.2, 0) is 0 Å². The summed E-state index contributed by atoms with van der Waals surface area (Å²) in [6, 6.07) is 8.09. The highest BCUT2D eigenvalue weighted by atomic mass is 35.5. The molecule has 0 saturated carbocycles. The number of rotatable bonds is 2. The molecule has 1 heterocycles. The molecule has 0 amide bonds. The van der Waals surface area contributed by atoms with Gasteiger partial charge in [0.15, 0.2) is 0 Å². The van der Waals surface area contributed by atoms with Crippen LogP contribution in [0.15, 0.2) is 29.6 Å². The second-order valence-electron chi connectivity index (χ2n) is 3.78. The smallest absolute Gasteiger partial charge is 0.0945 e. The van der Waals surface area contributed by atoms with Gasteiger partial charge in [-0.05, 0) is 42.0 Å². The van der Waals surface area contributed by atoms with Gasteiger partial charge in [0.2, 0.25) is 0 Å². The van der Waals surface area contributed by atoms with E-state index >= 15 is 0 Å². The molecule has 0 fully saturated rings. The van der Waals surface area contributed by atoms with Crippen molar-refractivity contribution in [2.24, 2.45) is 0 Å². The molecule has 0 nitrogen and oxygen atoms in total. The molecule has 84 valence electrons. The molecule has 1 atom stereocenters. The monoisotopic (exact) mass is 270 g/mol. The summed E-state index contributed by atoms with van der Waals surface area (Å²) in [5.41, 5.74) is 3.65. The van der Waals surface area contributed by atoms with Crippen molar-refractivity contribution in [2.45, 2.75) is 19.2 Å². The summed E-state index contributed by atoms with van der Waals surface area (Å²) in [6.45, 7) is 4.19. The zero-order valence-electron chi connectivity index (χ0n) is 9.13. The Kier molecular flexibility index (Phi) is 3.58. The van der Waals surface area contributed by atoms with E-state index < -0.39 is 0 Å². The second kappa shape index (κ2) is 4.79. The van der Waals surface area contributed by atoms with E-state index in [9.17, 15) is 0 Å². The lowest BCUT2D eigenvalue weighted by molar-refractivity contribution is 1.13. The molecule has 0 radical (unpaired) electrons. The molecule has 2 aromatic rings. The van der Waals surface area contributed by atoms with Gasteiger partial charge in [-0.2, -0.15) is 0 Å². The average Bonchev–Trinajstić information content (AvgIpc) is 2.68. The molecule has 1 unspecified atom stereocenters. The van der Waals surface area contributed by atoms with Crippen LogP contribution in [0, 0.1) is 13.8 Å². The number of alkyl halides is 1. The van der Waals surface area contributed by atoms with Crippen molar-refractivity contribution in [3.05, 3.63) is 56.2 Å². The highest BCUT2D eigenvalue weighted by Gasteiger charge is 2.17. The lowest BCUT2D eigenvalue weighted by atomic mass is 10.0. The minimum Gasteiger partial charge on any atom is -0.145 e. The fourth-order valence-corrected chi connectivity index (χ4v) is 3.40. The standard InChI is InChI=1S/C13H12Cl2S/c1-8-4-3-5-10(9(8)2)12(15)13-11(14)6-7-16-13/h3-7,12H,1-2H3. The van der Waals surface area contributed by atoms with Gasteiger partial charge in [-0.25, -0.2) is 0 Å². The van der Waals surface area contributed by atoms with Crippen molar-refractivity contribution in [3.8, 4) is 0 Å². The van der Waals surface area contributed by atoms with Crippen molar-refractivity contribution in [1.29, 1.82) is 0 Å². The van der Waals surface area contributed by atoms with E-state index in [0.29, 0.717) is 0 Å². The van der Waals surface area contributed by atoms with Crippen molar-refractivity contribution in [3.63, 3.8) is 0 Å². The summed E-state index contributed by atoms with van der Waals surface area (Å²) >= 11 is 14.2. The summed E-state index contributed by atoms with van der Waals surface area (Å²) in [6.07, 6.45) is 0. The van der Waals surface area contributed by atoms with E-state index in [2.05, 4.69) is 26.0 Å². The van der Waals surface area contributed by atoms with Gasteiger partial charge in [0, 0.05) is 4.88 Å². The first kappa shape index (κ1) is 12.0. The molecule has 1 aromatic heterocycles. The van der Waals surface area contributed by atoms with Crippen LogP contribution in [0.2, 0.25) is 5.02 Å². The van der Waals surface area contributed by atoms with E-state index in [-0.39, 0.29) is 5.38 Å².